The third-order valence-corrected chi connectivity index (χ3v) is 7.43. The Bertz CT molecular complexity index is 736. The molecule has 1 amide bonds. The third-order valence-electron chi connectivity index (χ3n) is 6.04. The summed E-state index contributed by atoms with van der Waals surface area (Å²) in [7, 11) is 1.72. The van der Waals surface area contributed by atoms with E-state index in [1.54, 1.807) is 7.11 Å². The summed E-state index contributed by atoms with van der Waals surface area (Å²) in [5.74, 6) is 3.84. The zero-order chi connectivity index (χ0) is 22.1. The van der Waals surface area contributed by atoms with Crippen molar-refractivity contribution in [1.82, 2.24) is 15.5 Å². The summed E-state index contributed by atoms with van der Waals surface area (Å²) in [6.45, 7) is 7.55. The average Bonchev–Trinajstić information content (AvgIpc) is 3.48. The average molecular weight is 447 g/mol. The summed E-state index contributed by atoms with van der Waals surface area (Å²) in [4.78, 5) is 20.8. The molecular formula is C24H38N4O2S. The molecule has 1 heterocycles. The van der Waals surface area contributed by atoms with Crippen LogP contribution in [0.1, 0.15) is 46.0 Å². The molecule has 2 aliphatic rings. The molecule has 31 heavy (non-hydrogen) atoms. The van der Waals surface area contributed by atoms with Crippen LogP contribution in [0.25, 0.3) is 0 Å². The van der Waals surface area contributed by atoms with Gasteiger partial charge in [0.15, 0.2) is 5.96 Å². The SMILES string of the molecule is CCNC(=NCC(C)CSc1ccccc1OC)NC1CCN(C(=O)C2CCCC2)C1. The first kappa shape index (κ1) is 23.8. The van der Waals surface area contributed by atoms with E-state index in [1.165, 1.54) is 17.7 Å². The molecule has 2 N–H and O–H groups in total. The summed E-state index contributed by atoms with van der Waals surface area (Å²) in [6, 6.07) is 8.42. The van der Waals surface area contributed by atoms with Gasteiger partial charge in [0.05, 0.1) is 7.11 Å². The van der Waals surface area contributed by atoms with Crippen molar-refractivity contribution in [3.05, 3.63) is 24.3 Å². The molecule has 2 atom stereocenters. The van der Waals surface area contributed by atoms with E-state index in [4.69, 9.17) is 9.73 Å². The standard InChI is InChI=1S/C24H38N4O2S/c1-4-25-24(26-15-18(2)17-31-22-12-8-7-11-21(22)30-3)27-20-13-14-28(16-20)23(29)19-9-5-6-10-19/h7-8,11-12,18-20H,4-6,9-10,13-17H2,1-3H3,(H2,25,26,27). The van der Waals surface area contributed by atoms with Gasteiger partial charge < -0.3 is 20.3 Å². The minimum Gasteiger partial charge on any atom is -0.496 e. The quantitative estimate of drug-likeness (QED) is 0.343. The van der Waals surface area contributed by atoms with E-state index in [9.17, 15) is 4.79 Å². The highest BCUT2D eigenvalue weighted by Crippen LogP contribution is 2.30. The van der Waals surface area contributed by atoms with Gasteiger partial charge in [0, 0.05) is 48.8 Å². The maximum absolute atomic E-state index is 12.7. The van der Waals surface area contributed by atoms with Crippen LogP contribution in [-0.4, -0.2) is 61.9 Å². The summed E-state index contributed by atoms with van der Waals surface area (Å²) in [5.41, 5.74) is 0. The fourth-order valence-electron chi connectivity index (χ4n) is 4.29. The molecule has 6 nitrogen and oxygen atoms in total. The molecule has 1 saturated carbocycles. The van der Waals surface area contributed by atoms with E-state index in [1.807, 2.05) is 30.0 Å². The molecule has 3 rings (SSSR count). The van der Waals surface area contributed by atoms with Gasteiger partial charge >= 0.3 is 0 Å². The van der Waals surface area contributed by atoms with Crippen molar-refractivity contribution < 1.29 is 9.53 Å². The fraction of sp³-hybridized carbons (Fsp3) is 0.667. The number of carbonyl (C=O) groups excluding carboxylic acids is 1. The van der Waals surface area contributed by atoms with Crippen LogP contribution in [0.15, 0.2) is 34.2 Å². The monoisotopic (exact) mass is 446 g/mol. The molecule has 0 radical (unpaired) electrons. The number of benzene rings is 1. The lowest BCUT2D eigenvalue weighted by Crippen LogP contribution is -2.45. The maximum atomic E-state index is 12.7. The van der Waals surface area contributed by atoms with Gasteiger partial charge in [-0.3, -0.25) is 9.79 Å². The van der Waals surface area contributed by atoms with E-state index in [0.717, 1.165) is 62.9 Å². The van der Waals surface area contributed by atoms with Crippen LogP contribution < -0.4 is 15.4 Å². The van der Waals surface area contributed by atoms with Crippen LogP contribution in [0.3, 0.4) is 0 Å². The molecule has 2 fully saturated rings. The molecule has 2 unspecified atom stereocenters. The van der Waals surface area contributed by atoms with Gasteiger partial charge in [0.1, 0.15) is 5.75 Å². The molecule has 1 aromatic rings. The number of rotatable bonds is 9. The Hall–Kier alpha value is -1.89. The molecule has 1 aliphatic heterocycles. The molecule has 0 bridgehead atoms. The van der Waals surface area contributed by atoms with Crippen molar-refractivity contribution in [2.75, 3.05) is 39.0 Å². The number of guanidine groups is 1. The predicted molar refractivity (Wildman–Crippen MR) is 129 cm³/mol. The second-order valence-electron chi connectivity index (χ2n) is 8.68. The minimum absolute atomic E-state index is 0.266. The Labute approximate surface area is 191 Å². The summed E-state index contributed by atoms with van der Waals surface area (Å²) < 4.78 is 5.44. The van der Waals surface area contributed by atoms with Gasteiger partial charge in [0.25, 0.3) is 0 Å². The maximum Gasteiger partial charge on any atom is 0.225 e. The molecule has 1 saturated heterocycles. The number of nitrogens with one attached hydrogen (secondary N) is 2. The van der Waals surface area contributed by atoms with Gasteiger partial charge in [0.2, 0.25) is 5.91 Å². The zero-order valence-electron chi connectivity index (χ0n) is 19.2. The molecular weight excluding hydrogens is 408 g/mol. The molecule has 0 spiro atoms. The molecule has 0 aromatic heterocycles. The van der Waals surface area contributed by atoms with Crippen molar-refractivity contribution >= 4 is 23.6 Å². The van der Waals surface area contributed by atoms with Crippen molar-refractivity contribution in [2.45, 2.75) is 56.9 Å². The van der Waals surface area contributed by atoms with Gasteiger partial charge in [-0.25, -0.2) is 0 Å². The highest BCUT2D eigenvalue weighted by molar-refractivity contribution is 7.99. The second-order valence-corrected chi connectivity index (χ2v) is 9.74. The lowest BCUT2D eigenvalue weighted by molar-refractivity contribution is -0.134. The Morgan fingerprint density at radius 1 is 1.29 bits per heavy atom. The van der Waals surface area contributed by atoms with E-state index >= 15 is 0 Å². The number of hydrogen-bond donors (Lipinski definition) is 2. The number of ether oxygens (including phenoxy) is 1. The Morgan fingerprint density at radius 3 is 2.81 bits per heavy atom. The highest BCUT2D eigenvalue weighted by Gasteiger charge is 2.32. The summed E-state index contributed by atoms with van der Waals surface area (Å²) in [5, 5.41) is 6.92. The third kappa shape index (κ3) is 7.06. The first-order chi connectivity index (χ1) is 15.1. The van der Waals surface area contributed by atoms with E-state index in [-0.39, 0.29) is 12.0 Å². The number of para-hydroxylation sites is 1. The van der Waals surface area contributed by atoms with Gasteiger partial charge in [-0.05, 0) is 44.2 Å². The van der Waals surface area contributed by atoms with E-state index in [2.05, 4.69) is 35.4 Å². The van der Waals surface area contributed by atoms with Crippen LogP contribution in [0, 0.1) is 11.8 Å². The van der Waals surface area contributed by atoms with Crippen molar-refractivity contribution in [1.29, 1.82) is 0 Å². The van der Waals surface area contributed by atoms with Gasteiger partial charge in [-0.2, -0.15) is 0 Å². The predicted octanol–water partition coefficient (Wildman–Crippen LogP) is 3.77. The van der Waals surface area contributed by atoms with Crippen LogP contribution >= 0.6 is 11.8 Å². The normalized spacial score (nSPS) is 20.7. The van der Waals surface area contributed by atoms with E-state index in [0.29, 0.717) is 11.8 Å². The smallest absolute Gasteiger partial charge is 0.225 e. The van der Waals surface area contributed by atoms with Crippen molar-refractivity contribution in [3.63, 3.8) is 0 Å². The first-order valence-electron chi connectivity index (χ1n) is 11.7. The molecule has 1 aromatic carbocycles. The van der Waals surface area contributed by atoms with E-state index < -0.39 is 0 Å². The molecule has 172 valence electrons. The lowest BCUT2D eigenvalue weighted by atomic mass is 10.1. The summed E-state index contributed by atoms with van der Waals surface area (Å²) in [6.07, 6.45) is 5.54. The number of thioether (sulfide) groups is 1. The first-order valence-corrected chi connectivity index (χ1v) is 12.7. The van der Waals surface area contributed by atoms with Crippen LogP contribution in [0.5, 0.6) is 5.75 Å². The molecule has 1 aliphatic carbocycles. The highest BCUT2D eigenvalue weighted by atomic mass is 32.2. The topological polar surface area (TPSA) is 66.0 Å². The lowest BCUT2D eigenvalue weighted by Gasteiger charge is -2.21. The second kappa shape index (κ2) is 12.2. The van der Waals surface area contributed by atoms with Gasteiger partial charge in [-0.15, -0.1) is 11.8 Å². The Balaban J connectivity index is 1.46. The van der Waals surface area contributed by atoms with Gasteiger partial charge in [-0.1, -0.05) is 31.9 Å². The van der Waals surface area contributed by atoms with Crippen LogP contribution in [-0.2, 0) is 4.79 Å². The molecule has 7 heteroatoms. The largest absolute Gasteiger partial charge is 0.496 e. The van der Waals surface area contributed by atoms with Crippen LogP contribution in [0.4, 0.5) is 0 Å². The van der Waals surface area contributed by atoms with Crippen LogP contribution in [0.2, 0.25) is 0 Å². The number of hydrogen-bond acceptors (Lipinski definition) is 4. The summed E-state index contributed by atoms with van der Waals surface area (Å²) >= 11 is 1.81. The Morgan fingerprint density at radius 2 is 2.06 bits per heavy atom. The number of likely N-dealkylation sites (tertiary alicyclic amines) is 1. The number of aliphatic imine (C=N–C) groups is 1. The number of carbonyl (C=O) groups is 1. The number of methoxy groups -OCH3 is 1. The zero-order valence-corrected chi connectivity index (χ0v) is 20.0. The minimum atomic E-state index is 0.266. The van der Waals surface area contributed by atoms with Crippen molar-refractivity contribution in [3.8, 4) is 5.75 Å². The Kier molecular flexibility index (Phi) is 9.37. The number of nitrogens with zero attached hydrogens (tertiary/aromatic N) is 2. The fourth-order valence-corrected chi connectivity index (χ4v) is 5.33. The number of amides is 1. The van der Waals surface area contributed by atoms with Crippen molar-refractivity contribution in [2.24, 2.45) is 16.8 Å².